The molecule has 252 valence electrons. The maximum atomic E-state index is 4.30. The van der Waals surface area contributed by atoms with Crippen molar-refractivity contribution in [1.29, 1.82) is 0 Å². The van der Waals surface area contributed by atoms with Crippen molar-refractivity contribution in [1.82, 2.24) is 9.55 Å². The van der Waals surface area contributed by atoms with Gasteiger partial charge in [0.05, 0.1) is 33.8 Å². The van der Waals surface area contributed by atoms with Crippen molar-refractivity contribution in [2.75, 3.05) is 9.80 Å². The van der Waals surface area contributed by atoms with E-state index in [1.807, 2.05) is 6.08 Å². The third-order valence-electron chi connectivity index (χ3n) is 10.4. The molecule has 0 aliphatic carbocycles. The van der Waals surface area contributed by atoms with Crippen LogP contribution in [-0.2, 0) is 6.42 Å². The number of allylic oxidation sites excluding steroid dienone is 5. The van der Waals surface area contributed by atoms with E-state index in [1.165, 1.54) is 27.1 Å². The van der Waals surface area contributed by atoms with E-state index in [0.29, 0.717) is 0 Å². The second-order valence-electron chi connectivity index (χ2n) is 13.5. The largest absolute Gasteiger partial charge is 0.354 e. The van der Waals surface area contributed by atoms with Gasteiger partial charge in [-0.05, 0) is 84.8 Å². The van der Waals surface area contributed by atoms with Gasteiger partial charge in [0.25, 0.3) is 0 Å². The molecule has 0 saturated carbocycles. The minimum atomic E-state index is 0.868. The van der Waals surface area contributed by atoms with Gasteiger partial charge in [-0.25, -0.2) is 0 Å². The minimum Gasteiger partial charge on any atom is -0.354 e. The van der Waals surface area contributed by atoms with E-state index >= 15 is 0 Å². The normalized spacial score (nSPS) is 13.0. The third-order valence-corrected chi connectivity index (χ3v) is 10.4. The van der Waals surface area contributed by atoms with Crippen LogP contribution in [0.4, 0.5) is 34.1 Å². The summed E-state index contributed by atoms with van der Waals surface area (Å²) in [4.78, 5) is 8.66. The van der Waals surface area contributed by atoms with E-state index in [4.69, 9.17) is 0 Å². The Balaban J connectivity index is 1.29. The maximum absolute atomic E-state index is 4.30. The highest BCUT2D eigenvalue weighted by Gasteiger charge is 2.35. The van der Waals surface area contributed by atoms with Crippen molar-refractivity contribution in [3.8, 4) is 0 Å². The number of anilines is 6. The summed E-state index contributed by atoms with van der Waals surface area (Å²) in [5, 5.41) is 4.78. The van der Waals surface area contributed by atoms with Crippen LogP contribution in [0.25, 0.3) is 49.3 Å². The van der Waals surface area contributed by atoms with Crippen molar-refractivity contribution < 1.29 is 0 Å². The van der Waals surface area contributed by atoms with Crippen LogP contribution in [0.2, 0.25) is 0 Å². The number of para-hydroxylation sites is 4. The fourth-order valence-electron chi connectivity index (χ4n) is 8.19. The molecule has 3 heterocycles. The van der Waals surface area contributed by atoms with Gasteiger partial charge in [0, 0.05) is 49.7 Å². The standard InChI is InChI=1S/C49H36N4/c1-2-35(21-13-12-20-34-18-6-3-7-19-34)51-42-29-17-15-27-39(42)47-43(51)32-33-45-49(47)53(37-24-10-5-11-25-37)44-31-30-41-46(38-26-14-16-28-40(38)50-41)48(44)52(45)36-22-8-4-9-23-36/h2-19,21-33,50H,1,20H2/b13-12-,35-21+. The average molecular weight is 681 g/mol. The molecule has 4 nitrogen and oxygen atoms in total. The molecule has 1 N–H and O–H groups in total. The molecule has 0 saturated heterocycles. The van der Waals surface area contributed by atoms with E-state index < -0.39 is 0 Å². The van der Waals surface area contributed by atoms with Crippen LogP contribution in [0, 0.1) is 0 Å². The summed E-state index contributed by atoms with van der Waals surface area (Å²) in [6.45, 7) is 4.30. The van der Waals surface area contributed by atoms with Crippen LogP contribution < -0.4 is 9.80 Å². The highest BCUT2D eigenvalue weighted by molar-refractivity contribution is 6.26. The lowest BCUT2D eigenvalue weighted by Gasteiger charge is -2.41. The Morgan fingerprint density at radius 1 is 0.528 bits per heavy atom. The van der Waals surface area contributed by atoms with Crippen LogP contribution in [0.15, 0.2) is 195 Å². The minimum absolute atomic E-state index is 0.868. The Kier molecular flexibility index (Phi) is 7.33. The molecule has 0 radical (unpaired) electrons. The van der Waals surface area contributed by atoms with Gasteiger partial charge in [-0.2, -0.15) is 0 Å². The van der Waals surface area contributed by atoms with Gasteiger partial charge in [0.1, 0.15) is 0 Å². The zero-order valence-corrected chi connectivity index (χ0v) is 29.2. The Morgan fingerprint density at radius 3 is 1.81 bits per heavy atom. The van der Waals surface area contributed by atoms with Gasteiger partial charge < -0.3 is 19.4 Å². The molecular formula is C49H36N4. The summed E-state index contributed by atoms with van der Waals surface area (Å²) < 4.78 is 2.36. The summed E-state index contributed by atoms with van der Waals surface area (Å²) >= 11 is 0. The first kappa shape index (κ1) is 30.8. The molecule has 9 aromatic rings. The van der Waals surface area contributed by atoms with Gasteiger partial charge >= 0.3 is 0 Å². The topological polar surface area (TPSA) is 27.2 Å². The molecule has 2 aromatic heterocycles. The number of aromatic nitrogens is 2. The molecule has 1 aliphatic rings. The Bertz CT molecular complexity index is 2880. The number of nitrogens with one attached hydrogen (secondary N) is 1. The number of benzene rings is 7. The predicted octanol–water partition coefficient (Wildman–Crippen LogP) is 13.5. The first-order chi connectivity index (χ1) is 26.3. The molecule has 0 unspecified atom stereocenters. The fourth-order valence-corrected chi connectivity index (χ4v) is 8.19. The Morgan fingerprint density at radius 2 is 1.11 bits per heavy atom. The summed E-state index contributed by atoms with van der Waals surface area (Å²) in [5.41, 5.74) is 13.6. The molecule has 0 atom stereocenters. The number of fused-ring (bicyclic) bond motifs is 10. The van der Waals surface area contributed by atoms with Crippen molar-refractivity contribution in [2.45, 2.75) is 6.42 Å². The monoisotopic (exact) mass is 680 g/mol. The Labute approximate surface area is 308 Å². The fraction of sp³-hybridized carbons (Fsp3) is 0.0204. The second-order valence-corrected chi connectivity index (χ2v) is 13.5. The zero-order chi connectivity index (χ0) is 35.3. The van der Waals surface area contributed by atoms with Crippen LogP contribution >= 0.6 is 0 Å². The van der Waals surface area contributed by atoms with E-state index in [0.717, 1.165) is 68.3 Å². The van der Waals surface area contributed by atoms with Gasteiger partial charge in [-0.1, -0.05) is 122 Å². The highest BCUT2D eigenvalue weighted by atomic mass is 15.3. The number of hydrogen-bond acceptors (Lipinski definition) is 2. The molecule has 0 fully saturated rings. The number of aromatic amines is 1. The second kappa shape index (κ2) is 12.6. The maximum Gasteiger partial charge on any atom is 0.0804 e. The average Bonchev–Trinajstić information content (AvgIpc) is 3.77. The molecular weight excluding hydrogens is 645 g/mol. The number of nitrogens with zero attached hydrogens (tertiary/aromatic N) is 3. The van der Waals surface area contributed by atoms with Crippen LogP contribution in [0.5, 0.6) is 0 Å². The highest BCUT2D eigenvalue weighted by Crippen LogP contribution is 2.60. The smallest absolute Gasteiger partial charge is 0.0804 e. The van der Waals surface area contributed by atoms with Crippen LogP contribution in [0.3, 0.4) is 0 Å². The number of hydrogen-bond donors (Lipinski definition) is 1. The summed E-state index contributed by atoms with van der Waals surface area (Å²) in [7, 11) is 0. The number of H-pyrrole nitrogens is 1. The summed E-state index contributed by atoms with van der Waals surface area (Å²) in [6.07, 6.45) is 9.37. The third kappa shape index (κ3) is 4.91. The van der Waals surface area contributed by atoms with Gasteiger partial charge in [0.2, 0.25) is 0 Å². The lowest BCUT2D eigenvalue weighted by molar-refractivity contribution is 1.18. The van der Waals surface area contributed by atoms with E-state index in [2.05, 4.69) is 208 Å². The molecule has 0 amide bonds. The van der Waals surface area contributed by atoms with E-state index in [-0.39, 0.29) is 0 Å². The zero-order valence-electron chi connectivity index (χ0n) is 29.2. The Hall–Kier alpha value is -7.04. The first-order valence-corrected chi connectivity index (χ1v) is 18.1. The molecule has 0 bridgehead atoms. The first-order valence-electron chi connectivity index (χ1n) is 18.1. The lowest BCUT2D eigenvalue weighted by atomic mass is 9.98. The lowest BCUT2D eigenvalue weighted by Crippen LogP contribution is -2.24. The van der Waals surface area contributed by atoms with E-state index in [1.54, 1.807) is 0 Å². The van der Waals surface area contributed by atoms with E-state index in [9.17, 15) is 0 Å². The molecule has 53 heavy (non-hydrogen) atoms. The summed E-state index contributed by atoms with van der Waals surface area (Å²) in [6, 6.07) is 58.6. The van der Waals surface area contributed by atoms with Gasteiger partial charge in [0.15, 0.2) is 0 Å². The van der Waals surface area contributed by atoms with Crippen molar-refractivity contribution in [2.24, 2.45) is 0 Å². The SMILES string of the molecule is C=C/C(=C\C=C/Cc1ccccc1)n1c2ccccc2c2c3c(ccc21)N(c1ccccc1)c1c(ccc2[nH]c4ccccc4c12)N3c1ccccc1. The molecule has 1 aliphatic heterocycles. The van der Waals surface area contributed by atoms with Crippen LogP contribution in [0.1, 0.15) is 5.56 Å². The van der Waals surface area contributed by atoms with Crippen molar-refractivity contribution in [3.05, 3.63) is 200 Å². The van der Waals surface area contributed by atoms with Crippen molar-refractivity contribution >= 4 is 83.4 Å². The molecule has 0 spiro atoms. The van der Waals surface area contributed by atoms with Crippen LogP contribution in [-0.4, -0.2) is 9.55 Å². The quantitative estimate of drug-likeness (QED) is 0.170. The summed E-state index contributed by atoms with van der Waals surface area (Å²) in [5.74, 6) is 0. The van der Waals surface area contributed by atoms with Crippen molar-refractivity contribution in [3.63, 3.8) is 0 Å². The molecule has 10 rings (SSSR count). The number of rotatable bonds is 7. The van der Waals surface area contributed by atoms with Gasteiger partial charge in [-0.15, -0.1) is 0 Å². The molecule has 4 heteroatoms. The van der Waals surface area contributed by atoms with Gasteiger partial charge in [-0.3, -0.25) is 0 Å². The predicted molar refractivity (Wildman–Crippen MR) is 225 cm³/mol. The molecule has 7 aromatic carbocycles.